The second kappa shape index (κ2) is 8.89. The third kappa shape index (κ3) is 5.33. The maximum Gasteiger partial charge on any atom is 0.324 e. The summed E-state index contributed by atoms with van der Waals surface area (Å²) in [6.07, 6.45) is 1.34. The smallest absolute Gasteiger partial charge is 0.322 e. The number of nitro groups is 1. The molecule has 9 heteroatoms. The summed E-state index contributed by atoms with van der Waals surface area (Å²) in [6.45, 7) is 1.94. The molecular weight excluding hydrogens is 392 g/mol. The molecule has 0 aliphatic rings. The first-order chi connectivity index (χ1) is 13.9. The largest absolute Gasteiger partial charge is 0.324 e. The predicted molar refractivity (Wildman–Crippen MR) is 112 cm³/mol. The van der Waals surface area contributed by atoms with E-state index in [2.05, 4.69) is 15.8 Å². The van der Waals surface area contributed by atoms with E-state index in [4.69, 9.17) is 0 Å². The van der Waals surface area contributed by atoms with Gasteiger partial charge in [-0.2, -0.15) is 5.10 Å². The van der Waals surface area contributed by atoms with Crippen LogP contribution in [0, 0.1) is 17.0 Å². The summed E-state index contributed by atoms with van der Waals surface area (Å²) in [5, 5.41) is 17.2. The Kier molecular flexibility index (Phi) is 6.10. The van der Waals surface area contributed by atoms with Crippen molar-refractivity contribution < 1.29 is 14.5 Å². The topological polar surface area (TPSA) is 114 Å². The summed E-state index contributed by atoms with van der Waals surface area (Å²) in [5.41, 5.74) is 4.88. The molecule has 1 heterocycles. The molecule has 146 valence electrons. The molecule has 0 aliphatic heterocycles. The fourth-order valence-electron chi connectivity index (χ4n) is 2.34. The molecule has 3 aromatic rings. The number of carbonyl (C=O) groups excluding carboxylic acids is 2. The van der Waals surface area contributed by atoms with Gasteiger partial charge < -0.3 is 5.32 Å². The minimum absolute atomic E-state index is 0.000972. The molecule has 0 spiro atoms. The van der Waals surface area contributed by atoms with Gasteiger partial charge in [-0.1, -0.05) is 29.0 Å². The van der Waals surface area contributed by atoms with Crippen LogP contribution < -0.4 is 10.7 Å². The van der Waals surface area contributed by atoms with Gasteiger partial charge in [-0.05, 0) is 49.4 Å². The number of hydrogen-bond donors (Lipinski definition) is 2. The van der Waals surface area contributed by atoms with Crippen LogP contribution in [0.15, 0.2) is 65.8 Å². The summed E-state index contributed by atoms with van der Waals surface area (Å²) in [5.74, 6) is -0.680. The van der Waals surface area contributed by atoms with Crippen LogP contribution in [0.4, 0.5) is 10.7 Å². The van der Waals surface area contributed by atoms with Gasteiger partial charge in [-0.3, -0.25) is 19.7 Å². The highest BCUT2D eigenvalue weighted by molar-refractivity contribution is 7.16. The van der Waals surface area contributed by atoms with Gasteiger partial charge in [0.25, 0.3) is 11.8 Å². The summed E-state index contributed by atoms with van der Waals surface area (Å²) < 4.78 is 0. The lowest BCUT2D eigenvalue weighted by atomic mass is 10.1. The van der Waals surface area contributed by atoms with Crippen molar-refractivity contribution in [2.24, 2.45) is 5.10 Å². The Morgan fingerprint density at radius 3 is 2.21 bits per heavy atom. The van der Waals surface area contributed by atoms with Gasteiger partial charge in [-0.25, -0.2) is 5.43 Å². The molecule has 8 nitrogen and oxygen atoms in total. The van der Waals surface area contributed by atoms with Gasteiger partial charge in [0.15, 0.2) is 0 Å². The molecule has 0 saturated carbocycles. The standard InChI is InChI=1S/C20H16N4O4S/c1-13-2-4-14(5-3-13)19(25)22-16-8-6-15(7-9-16)20(26)23-21-12-17-10-11-18(29-17)24(27)28/h2-12H,1H3,(H,22,25)(H,23,26). The van der Waals surface area contributed by atoms with E-state index in [1.165, 1.54) is 12.3 Å². The second-order valence-corrected chi connectivity index (χ2v) is 7.12. The lowest BCUT2D eigenvalue weighted by Gasteiger charge is -2.06. The summed E-state index contributed by atoms with van der Waals surface area (Å²) in [4.78, 5) is 35.0. The molecule has 2 aromatic carbocycles. The van der Waals surface area contributed by atoms with E-state index in [0.717, 1.165) is 16.9 Å². The van der Waals surface area contributed by atoms with Crippen molar-refractivity contribution >= 4 is 40.1 Å². The number of thiophene rings is 1. The highest BCUT2D eigenvalue weighted by Crippen LogP contribution is 2.22. The minimum Gasteiger partial charge on any atom is -0.322 e. The number of hydrazone groups is 1. The number of benzene rings is 2. The van der Waals surface area contributed by atoms with E-state index in [0.29, 0.717) is 21.7 Å². The first kappa shape index (κ1) is 19.9. The van der Waals surface area contributed by atoms with E-state index >= 15 is 0 Å². The number of anilines is 1. The van der Waals surface area contributed by atoms with Crippen LogP contribution in [0.1, 0.15) is 31.2 Å². The molecule has 0 fully saturated rings. The quantitative estimate of drug-likeness (QED) is 0.365. The Labute approximate surface area is 170 Å². The zero-order valence-electron chi connectivity index (χ0n) is 15.3. The number of nitrogens with zero attached hydrogens (tertiary/aromatic N) is 2. The number of aryl methyl sites for hydroxylation is 1. The van der Waals surface area contributed by atoms with E-state index in [1.807, 2.05) is 19.1 Å². The zero-order valence-corrected chi connectivity index (χ0v) is 16.1. The number of rotatable bonds is 6. The van der Waals surface area contributed by atoms with Crippen molar-refractivity contribution in [1.82, 2.24) is 5.43 Å². The van der Waals surface area contributed by atoms with Crippen molar-refractivity contribution in [3.05, 3.63) is 92.3 Å². The Hall–Kier alpha value is -3.85. The van der Waals surface area contributed by atoms with Crippen LogP contribution in [0.5, 0.6) is 0 Å². The SMILES string of the molecule is Cc1ccc(C(=O)Nc2ccc(C(=O)NN=Cc3ccc([N+](=O)[O-])s3)cc2)cc1. The Bertz CT molecular complexity index is 1070. The molecule has 0 saturated heterocycles. The normalized spacial score (nSPS) is 10.7. The Morgan fingerprint density at radius 2 is 1.59 bits per heavy atom. The predicted octanol–water partition coefficient (Wildman–Crippen LogP) is 3.98. The van der Waals surface area contributed by atoms with E-state index in [1.54, 1.807) is 42.5 Å². The van der Waals surface area contributed by atoms with Gasteiger partial charge in [0.05, 0.1) is 16.0 Å². The van der Waals surface area contributed by atoms with E-state index in [-0.39, 0.29) is 10.9 Å². The summed E-state index contributed by atoms with van der Waals surface area (Å²) >= 11 is 0.955. The first-order valence-electron chi connectivity index (χ1n) is 8.48. The van der Waals surface area contributed by atoms with Gasteiger partial charge >= 0.3 is 5.00 Å². The van der Waals surface area contributed by atoms with Gasteiger partial charge in [0, 0.05) is 22.9 Å². The summed E-state index contributed by atoms with van der Waals surface area (Å²) in [6, 6.07) is 16.5. The lowest BCUT2D eigenvalue weighted by molar-refractivity contribution is -0.380. The fourth-order valence-corrected chi connectivity index (χ4v) is 3.04. The molecule has 0 unspecified atom stereocenters. The number of nitrogens with one attached hydrogen (secondary N) is 2. The van der Waals surface area contributed by atoms with Crippen LogP contribution in [0.25, 0.3) is 0 Å². The summed E-state index contributed by atoms with van der Waals surface area (Å²) in [7, 11) is 0. The molecular formula is C20H16N4O4S. The first-order valence-corrected chi connectivity index (χ1v) is 9.30. The Balaban J connectivity index is 1.56. The molecule has 0 atom stereocenters. The van der Waals surface area contributed by atoms with Crippen LogP contribution in [-0.2, 0) is 0 Å². The van der Waals surface area contributed by atoms with E-state index in [9.17, 15) is 19.7 Å². The average molecular weight is 408 g/mol. The van der Waals surface area contributed by atoms with Crippen LogP contribution in [-0.4, -0.2) is 23.0 Å². The highest BCUT2D eigenvalue weighted by Gasteiger charge is 2.09. The number of amides is 2. The molecule has 0 bridgehead atoms. The number of hydrogen-bond acceptors (Lipinski definition) is 6. The molecule has 3 rings (SSSR count). The van der Waals surface area contributed by atoms with Crippen molar-refractivity contribution in [2.75, 3.05) is 5.32 Å². The molecule has 0 radical (unpaired) electrons. The number of carbonyl (C=O) groups is 2. The van der Waals surface area contributed by atoms with Crippen LogP contribution in [0.3, 0.4) is 0 Å². The zero-order chi connectivity index (χ0) is 20.8. The van der Waals surface area contributed by atoms with Crippen molar-refractivity contribution in [3.63, 3.8) is 0 Å². The van der Waals surface area contributed by atoms with Crippen LogP contribution in [0.2, 0.25) is 0 Å². The van der Waals surface area contributed by atoms with Gasteiger partial charge in [0.1, 0.15) is 0 Å². The lowest BCUT2D eigenvalue weighted by Crippen LogP contribution is -2.17. The van der Waals surface area contributed by atoms with Crippen molar-refractivity contribution in [3.8, 4) is 0 Å². The molecule has 0 aliphatic carbocycles. The maximum absolute atomic E-state index is 12.2. The molecule has 1 aromatic heterocycles. The third-order valence-corrected chi connectivity index (χ3v) is 4.84. The van der Waals surface area contributed by atoms with Crippen molar-refractivity contribution in [1.29, 1.82) is 0 Å². The highest BCUT2D eigenvalue weighted by atomic mass is 32.1. The second-order valence-electron chi connectivity index (χ2n) is 6.03. The van der Waals surface area contributed by atoms with Crippen molar-refractivity contribution in [2.45, 2.75) is 6.92 Å². The Morgan fingerprint density at radius 1 is 0.966 bits per heavy atom. The van der Waals surface area contributed by atoms with Gasteiger partial charge in [-0.15, -0.1) is 0 Å². The molecule has 2 amide bonds. The monoisotopic (exact) mass is 408 g/mol. The fraction of sp³-hybridized carbons (Fsp3) is 0.0500. The van der Waals surface area contributed by atoms with Crippen LogP contribution >= 0.6 is 11.3 Å². The van der Waals surface area contributed by atoms with E-state index < -0.39 is 10.8 Å². The average Bonchev–Trinajstić information content (AvgIpc) is 3.18. The maximum atomic E-state index is 12.2. The molecule has 2 N–H and O–H groups in total. The van der Waals surface area contributed by atoms with Gasteiger partial charge in [0.2, 0.25) is 0 Å². The minimum atomic E-state index is -0.486. The molecule has 29 heavy (non-hydrogen) atoms. The third-order valence-electron chi connectivity index (χ3n) is 3.87.